The lowest BCUT2D eigenvalue weighted by Gasteiger charge is -2.06. The summed E-state index contributed by atoms with van der Waals surface area (Å²) < 4.78 is 2.90. The van der Waals surface area contributed by atoms with Crippen LogP contribution in [0, 0.1) is 6.92 Å². The van der Waals surface area contributed by atoms with Crippen LogP contribution in [0.25, 0.3) is 38.0 Å². The molecule has 0 aliphatic carbocycles. The van der Waals surface area contributed by atoms with E-state index >= 15 is 0 Å². The fourth-order valence-corrected chi connectivity index (χ4v) is 4.13. The maximum absolute atomic E-state index is 13.1. The van der Waals surface area contributed by atoms with Gasteiger partial charge in [0, 0.05) is 26.0 Å². The van der Waals surface area contributed by atoms with Crippen LogP contribution in [0.1, 0.15) is 5.56 Å². The van der Waals surface area contributed by atoms with E-state index < -0.39 is 0 Å². The van der Waals surface area contributed by atoms with Crippen LogP contribution >= 0.6 is 15.9 Å². The van der Waals surface area contributed by atoms with Crippen LogP contribution in [0.2, 0.25) is 0 Å². The molecule has 2 heterocycles. The van der Waals surface area contributed by atoms with Crippen molar-refractivity contribution in [3.05, 3.63) is 75.0 Å². The minimum atomic E-state index is 0.0549. The van der Waals surface area contributed by atoms with E-state index in [-0.39, 0.29) is 5.56 Å². The standard InChI is InChI=1S/C20H12BrNO/c1-11-6-7-18-15(8-11)17-10-12(21)9-16-13-4-2-3-5-14(13)20(23)22(18)19(16)17/h2-10H,1H3. The summed E-state index contributed by atoms with van der Waals surface area (Å²) in [6.45, 7) is 2.08. The van der Waals surface area contributed by atoms with E-state index in [4.69, 9.17) is 0 Å². The number of pyridine rings is 1. The third kappa shape index (κ3) is 1.60. The summed E-state index contributed by atoms with van der Waals surface area (Å²) >= 11 is 3.63. The van der Waals surface area contributed by atoms with Crippen LogP contribution in [0.4, 0.5) is 0 Å². The number of fused-ring (bicyclic) bond motifs is 5. The third-order valence-electron chi connectivity index (χ3n) is 4.63. The summed E-state index contributed by atoms with van der Waals surface area (Å²) in [5.41, 5.74) is 3.24. The number of nitrogens with zero attached hydrogens (tertiary/aromatic N) is 1. The van der Waals surface area contributed by atoms with Gasteiger partial charge in [-0.3, -0.25) is 9.20 Å². The second kappa shape index (κ2) is 4.33. The highest BCUT2D eigenvalue weighted by molar-refractivity contribution is 9.10. The summed E-state index contributed by atoms with van der Waals surface area (Å²) in [6, 6.07) is 18.3. The summed E-state index contributed by atoms with van der Waals surface area (Å²) in [5, 5.41) is 5.13. The highest BCUT2D eigenvalue weighted by atomic mass is 79.9. The van der Waals surface area contributed by atoms with Gasteiger partial charge < -0.3 is 0 Å². The third-order valence-corrected chi connectivity index (χ3v) is 5.09. The Bertz CT molecular complexity index is 1300. The van der Waals surface area contributed by atoms with E-state index in [2.05, 4.69) is 47.1 Å². The van der Waals surface area contributed by atoms with Crippen LogP contribution in [-0.2, 0) is 0 Å². The summed E-state index contributed by atoms with van der Waals surface area (Å²) in [6.07, 6.45) is 0. The maximum atomic E-state index is 13.1. The van der Waals surface area contributed by atoms with E-state index in [1.165, 1.54) is 5.56 Å². The van der Waals surface area contributed by atoms with Crippen molar-refractivity contribution in [2.75, 3.05) is 0 Å². The molecule has 23 heavy (non-hydrogen) atoms. The molecule has 5 rings (SSSR count). The zero-order chi connectivity index (χ0) is 15.7. The van der Waals surface area contributed by atoms with Gasteiger partial charge in [0.2, 0.25) is 0 Å². The number of rotatable bonds is 0. The van der Waals surface area contributed by atoms with Crippen molar-refractivity contribution < 1.29 is 0 Å². The number of aromatic nitrogens is 1. The molecular formula is C20H12BrNO. The lowest BCUT2D eigenvalue weighted by atomic mass is 10.0. The zero-order valence-electron chi connectivity index (χ0n) is 12.4. The van der Waals surface area contributed by atoms with Crippen molar-refractivity contribution in [2.24, 2.45) is 0 Å². The average molecular weight is 362 g/mol. The molecule has 0 amide bonds. The molecular weight excluding hydrogens is 350 g/mol. The van der Waals surface area contributed by atoms with Gasteiger partial charge in [0.1, 0.15) is 0 Å². The lowest BCUT2D eigenvalue weighted by Crippen LogP contribution is -2.12. The number of hydrogen-bond acceptors (Lipinski definition) is 1. The topological polar surface area (TPSA) is 21.5 Å². The van der Waals surface area contributed by atoms with Crippen molar-refractivity contribution >= 4 is 53.9 Å². The van der Waals surface area contributed by atoms with E-state index in [0.29, 0.717) is 0 Å². The Labute approximate surface area is 140 Å². The molecule has 0 saturated carbocycles. The highest BCUT2D eigenvalue weighted by Crippen LogP contribution is 2.36. The molecule has 5 aromatic rings. The number of aryl methyl sites for hydroxylation is 1. The Morgan fingerprint density at radius 3 is 2.30 bits per heavy atom. The average Bonchev–Trinajstić information content (AvgIpc) is 2.87. The van der Waals surface area contributed by atoms with Crippen molar-refractivity contribution in [2.45, 2.75) is 6.92 Å². The van der Waals surface area contributed by atoms with Crippen LogP contribution < -0.4 is 5.56 Å². The Hall–Kier alpha value is -2.39. The summed E-state index contributed by atoms with van der Waals surface area (Å²) in [4.78, 5) is 13.1. The molecule has 3 aromatic carbocycles. The fourth-order valence-electron chi connectivity index (χ4n) is 3.67. The SMILES string of the molecule is Cc1ccc2c(c1)c1cc(Br)cc3c4ccccc4c(=O)n2c31. The molecule has 0 aliphatic heterocycles. The minimum Gasteiger partial charge on any atom is -0.275 e. The summed E-state index contributed by atoms with van der Waals surface area (Å²) in [7, 11) is 0. The van der Waals surface area contributed by atoms with E-state index in [0.717, 1.165) is 42.4 Å². The zero-order valence-corrected chi connectivity index (χ0v) is 14.0. The molecule has 2 aromatic heterocycles. The molecule has 0 N–H and O–H groups in total. The maximum Gasteiger partial charge on any atom is 0.263 e. The Morgan fingerprint density at radius 1 is 0.826 bits per heavy atom. The number of halogens is 1. The van der Waals surface area contributed by atoms with E-state index in [1.807, 2.05) is 34.7 Å². The molecule has 0 saturated heterocycles. The van der Waals surface area contributed by atoms with Gasteiger partial charge in [-0.2, -0.15) is 0 Å². The molecule has 3 heteroatoms. The Balaban J connectivity index is 2.29. The predicted octanol–water partition coefficient (Wildman–Crippen LogP) is 5.27. The number of benzene rings is 3. The van der Waals surface area contributed by atoms with E-state index in [1.54, 1.807) is 0 Å². The first-order valence-electron chi connectivity index (χ1n) is 7.53. The van der Waals surface area contributed by atoms with Crippen molar-refractivity contribution in [3.8, 4) is 0 Å². The van der Waals surface area contributed by atoms with Crippen molar-refractivity contribution in [1.29, 1.82) is 0 Å². The lowest BCUT2D eigenvalue weighted by molar-refractivity contribution is 1.21. The molecule has 0 spiro atoms. The Morgan fingerprint density at radius 2 is 1.52 bits per heavy atom. The molecule has 0 fully saturated rings. The predicted molar refractivity (Wildman–Crippen MR) is 99.8 cm³/mol. The first kappa shape index (κ1) is 13.1. The van der Waals surface area contributed by atoms with Gasteiger partial charge in [0.15, 0.2) is 0 Å². The Kier molecular flexibility index (Phi) is 2.46. The van der Waals surface area contributed by atoms with Gasteiger partial charge >= 0.3 is 0 Å². The van der Waals surface area contributed by atoms with Crippen LogP contribution in [0.5, 0.6) is 0 Å². The first-order valence-corrected chi connectivity index (χ1v) is 8.33. The van der Waals surface area contributed by atoms with Crippen molar-refractivity contribution in [1.82, 2.24) is 4.40 Å². The van der Waals surface area contributed by atoms with Gasteiger partial charge in [-0.1, -0.05) is 45.8 Å². The molecule has 110 valence electrons. The minimum absolute atomic E-state index is 0.0549. The van der Waals surface area contributed by atoms with Gasteiger partial charge in [-0.25, -0.2) is 0 Å². The second-order valence-electron chi connectivity index (χ2n) is 6.06. The van der Waals surface area contributed by atoms with Gasteiger partial charge in [-0.05, 0) is 42.6 Å². The van der Waals surface area contributed by atoms with E-state index in [9.17, 15) is 4.79 Å². The number of hydrogen-bond donors (Lipinski definition) is 0. The largest absolute Gasteiger partial charge is 0.275 e. The normalized spacial score (nSPS) is 12.1. The molecule has 2 nitrogen and oxygen atoms in total. The first-order chi connectivity index (χ1) is 11.1. The second-order valence-corrected chi connectivity index (χ2v) is 6.97. The van der Waals surface area contributed by atoms with Gasteiger partial charge in [0.05, 0.1) is 11.0 Å². The van der Waals surface area contributed by atoms with Crippen molar-refractivity contribution in [3.63, 3.8) is 0 Å². The fraction of sp³-hybridized carbons (Fsp3) is 0.0500. The monoisotopic (exact) mass is 361 g/mol. The summed E-state index contributed by atoms with van der Waals surface area (Å²) in [5.74, 6) is 0. The molecule has 0 bridgehead atoms. The molecule has 0 aliphatic rings. The van der Waals surface area contributed by atoms with Crippen LogP contribution in [-0.4, -0.2) is 4.40 Å². The molecule has 0 radical (unpaired) electrons. The quantitative estimate of drug-likeness (QED) is 0.344. The molecule has 0 atom stereocenters. The molecule has 0 unspecified atom stereocenters. The van der Waals surface area contributed by atoms with Crippen LogP contribution in [0.15, 0.2) is 63.9 Å². The smallest absolute Gasteiger partial charge is 0.263 e. The van der Waals surface area contributed by atoms with Gasteiger partial charge in [-0.15, -0.1) is 0 Å². The van der Waals surface area contributed by atoms with Gasteiger partial charge in [0.25, 0.3) is 5.56 Å². The van der Waals surface area contributed by atoms with Crippen LogP contribution in [0.3, 0.4) is 0 Å². The highest BCUT2D eigenvalue weighted by Gasteiger charge is 2.17.